The summed E-state index contributed by atoms with van der Waals surface area (Å²) in [5.41, 5.74) is 2.57. The lowest BCUT2D eigenvalue weighted by atomic mass is 10.0. The highest BCUT2D eigenvalue weighted by Crippen LogP contribution is 2.21. The van der Waals surface area contributed by atoms with Gasteiger partial charge in [-0.15, -0.1) is 10.2 Å². The predicted octanol–water partition coefficient (Wildman–Crippen LogP) is 2.13. The van der Waals surface area contributed by atoms with E-state index in [-0.39, 0.29) is 0 Å². The maximum Gasteiger partial charge on any atom is 0.233 e. The Labute approximate surface area is 106 Å². The number of ether oxygens (including phenoxy) is 1. The molecule has 1 unspecified atom stereocenters. The largest absolute Gasteiger partial charge is 0.480 e. The molecule has 1 aromatic heterocycles. The zero-order valence-corrected chi connectivity index (χ0v) is 10.5. The van der Waals surface area contributed by atoms with Crippen molar-refractivity contribution in [3.8, 4) is 5.88 Å². The minimum atomic E-state index is -0.755. The summed E-state index contributed by atoms with van der Waals surface area (Å²) >= 11 is 0. The molecule has 0 saturated carbocycles. The molecule has 0 aliphatic heterocycles. The van der Waals surface area contributed by atoms with Gasteiger partial charge in [0.1, 0.15) is 6.10 Å². The maximum atomic E-state index is 10.2. The molecule has 18 heavy (non-hydrogen) atoms. The summed E-state index contributed by atoms with van der Waals surface area (Å²) in [6.07, 6.45) is 0.230. The number of rotatable bonds is 4. The van der Waals surface area contributed by atoms with Crippen LogP contribution in [0.4, 0.5) is 0 Å². The van der Waals surface area contributed by atoms with E-state index in [0.717, 1.165) is 12.0 Å². The van der Waals surface area contributed by atoms with Gasteiger partial charge in [0.25, 0.3) is 0 Å². The summed E-state index contributed by atoms with van der Waals surface area (Å²) < 4.78 is 4.93. The third-order valence-corrected chi connectivity index (χ3v) is 2.85. The molecule has 0 bridgehead atoms. The van der Waals surface area contributed by atoms with Crippen molar-refractivity contribution in [3.05, 3.63) is 53.2 Å². The zero-order valence-electron chi connectivity index (χ0n) is 10.5. The molecule has 2 rings (SSSR count). The second-order valence-electron chi connectivity index (χ2n) is 4.00. The van der Waals surface area contributed by atoms with Crippen molar-refractivity contribution < 1.29 is 9.84 Å². The smallest absolute Gasteiger partial charge is 0.233 e. The van der Waals surface area contributed by atoms with E-state index in [9.17, 15) is 5.11 Å². The van der Waals surface area contributed by atoms with Crippen LogP contribution in [0, 0.1) is 0 Å². The molecule has 0 amide bonds. The number of benzene rings is 1. The van der Waals surface area contributed by atoms with Crippen LogP contribution in [0.1, 0.15) is 29.8 Å². The number of hydrogen-bond donors (Lipinski definition) is 1. The van der Waals surface area contributed by atoms with E-state index in [1.54, 1.807) is 12.1 Å². The molecule has 2 aromatic rings. The highest BCUT2D eigenvalue weighted by Gasteiger charge is 2.12. The fraction of sp³-hybridized carbons (Fsp3) is 0.286. The van der Waals surface area contributed by atoms with Crippen LogP contribution in [0.25, 0.3) is 0 Å². The number of aromatic nitrogens is 2. The molecule has 1 atom stereocenters. The summed E-state index contributed by atoms with van der Waals surface area (Å²) in [6.45, 7) is 2.10. The van der Waals surface area contributed by atoms with Crippen molar-refractivity contribution in [3.63, 3.8) is 0 Å². The SMILES string of the molecule is CCc1ccc(C(O)c2ccc(OC)nn2)cc1. The second-order valence-corrected chi connectivity index (χ2v) is 4.00. The number of methoxy groups -OCH3 is 1. The Hall–Kier alpha value is -1.94. The summed E-state index contributed by atoms with van der Waals surface area (Å²) in [7, 11) is 1.53. The molecular weight excluding hydrogens is 228 g/mol. The molecule has 94 valence electrons. The summed E-state index contributed by atoms with van der Waals surface area (Å²) in [6, 6.07) is 11.2. The number of aliphatic hydroxyl groups excluding tert-OH is 1. The van der Waals surface area contributed by atoms with Crippen molar-refractivity contribution in [2.24, 2.45) is 0 Å². The van der Waals surface area contributed by atoms with E-state index in [1.807, 2.05) is 24.3 Å². The van der Waals surface area contributed by atoms with Gasteiger partial charge in [-0.25, -0.2) is 0 Å². The topological polar surface area (TPSA) is 55.2 Å². The van der Waals surface area contributed by atoms with Gasteiger partial charge < -0.3 is 9.84 Å². The third kappa shape index (κ3) is 2.65. The van der Waals surface area contributed by atoms with Crippen molar-refractivity contribution in [2.45, 2.75) is 19.4 Å². The van der Waals surface area contributed by atoms with E-state index in [1.165, 1.54) is 12.7 Å². The second kappa shape index (κ2) is 5.60. The Bertz CT molecular complexity index is 447. The number of aliphatic hydroxyl groups is 1. The lowest BCUT2D eigenvalue weighted by molar-refractivity contribution is 0.213. The van der Waals surface area contributed by atoms with Crippen LogP contribution in [-0.2, 0) is 6.42 Å². The Morgan fingerprint density at radius 2 is 1.83 bits per heavy atom. The lowest BCUT2D eigenvalue weighted by Crippen LogP contribution is -2.04. The van der Waals surface area contributed by atoms with Crippen LogP contribution in [0.5, 0.6) is 5.88 Å². The molecule has 0 aliphatic carbocycles. The van der Waals surface area contributed by atoms with Gasteiger partial charge in [-0.2, -0.15) is 0 Å². The number of hydrogen-bond acceptors (Lipinski definition) is 4. The van der Waals surface area contributed by atoms with Gasteiger partial charge >= 0.3 is 0 Å². The Morgan fingerprint density at radius 3 is 2.33 bits per heavy atom. The molecular formula is C14H16N2O2. The normalized spacial score (nSPS) is 12.2. The van der Waals surface area contributed by atoms with Crippen LogP contribution in [-0.4, -0.2) is 22.4 Å². The predicted molar refractivity (Wildman–Crippen MR) is 68.5 cm³/mol. The number of nitrogens with zero attached hydrogens (tertiary/aromatic N) is 2. The van der Waals surface area contributed by atoms with Crippen LogP contribution in [0.3, 0.4) is 0 Å². The molecule has 0 radical (unpaired) electrons. The average Bonchev–Trinajstić information content (AvgIpc) is 2.47. The van der Waals surface area contributed by atoms with Gasteiger partial charge in [-0.05, 0) is 23.6 Å². The molecule has 0 fully saturated rings. The molecule has 0 spiro atoms. The van der Waals surface area contributed by atoms with Crippen LogP contribution < -0.4 is 4.74 Å². The quantitative estimate of drug-likeness (QED) is 0.895. The van der Waals surface area contributed by atoms with Crippen LogP contribution >= 0.6 is 0 Å². The van der Waals surface area contributed by atoms with E-state index in [2.05, 4.69) is 17.1 Å². The third-order valence-electron chi connectivity index (χ3n) is 2.85. The first-order chi connectivity index (χ1) is 8.74. The zero-order chi connectivity index (χ0) is 13.0. The first kappa shape index (κ1) is 12.5. The van der Waals surface area contributed by atoms with Gasteiger partial charge in [-0.1, -0.05) is 31.2 Å². The van der Waals surface area contributed by atoms with Gasteiger partial charge in [0, 0.05) is 6.07 Å². The fourth-order valence-electron chi connectivity index (χ4n) is 1.69. The van der Waals surface area contributed by atoms with E-state index >= 15 is 0 Å². The monoisotopic (exact) mass is 244 g/mol. The number of aryl methyl sites for hydroxylation is 1. The first-order valence-corrected chi connectivity index (χ1v) is 5.89. The molecule has 4 heteroatoms. The summed E-state index contributed by atoms with van der Waals surface area (Å²) in [4.78, 5) is 0. The molecule has 0 saturated heterocycles. The first-order valence-electron chi connectivity index (χ1n) is 5.89. The van der Waals surface area contributed by atoms with Crippen molar-refractivity contribution in [1.29, 1.82) is 0 Å². The van der Waals surface area contributed by atoms with E-state index < -0.39 is 6.10 Å². The van der Waals surface area contributed by atoms with Crippen molar-refractivity contribution in [2.75, 3.05) is 7.11 Å². The summed E-state index contributed by atoms with van der Waals surface area (Å²) in [5, 5.41) is 18.0. The highest BCUT2D eigenvalue weighted by atomic mass is 16.5. The molecule has 4 nitrogen and oxygen atoms in total. The molecule has 1 aromatic carbocycles. The molecule has 0 aliphatic rings. The van der Waals surface area contributed by atoms with Gasteiger partial charge in [0.2, 0.25) is 5.88 Å². The summed E-state index contributed by atoms with van der Waals surface area (Å²) in [5.74, 6) is 0.437. The van der Waals surface area contributed by atoms with E-state index in [4.69, 9.17) is 4.74 Å². The fourth-order valence-corrected chi connectivity index (χ4v) is 1.69. The highest BCUT2D eigenvalue weighted by molar-refractivity contribution is 5.29. The van der Waals surface area contributed by atoms with E-state index in [0.29, 0.717) is 11.6 Å². The Morgan fingerprint density at radius 1 is 1.11 bits per heavy atom. The Balaban J connectivity index is 2.20. The van der Waals surface area contributed by atoms with Gasteiger partial charge in [0.05, 0.1) is 12.8 Å². The standard InChI is InChI=1S/C14H16N2O2/c1-3-10-4-6-11(7-5-10)14(17)12-8-9-13(18-2)16-15-12/h4-9,14,17H,3H2,1-2H3. The minimum Gasteiger partial charge on any atom is -0.480 e. The van der Waals surface area contributed by atoms with Crippen molar-refractivity contribution in [1.82, 2.24) is 10.2 Å². The van der Waals surface area contributed by atoms with Crippen molar-refractivity contribution >= 4 is 0 Å². The van der Waals surface area contributed by atoms with Gasteiger partial charge in [-0.3, -0.25) is 0 Å². The van der Waals surface area contributed by atoms with Crippen LogP contribution in [0.15, 0.2) is 36.4 Å². The average molecular weight is 244 g/mol. The maximum absolute atomic E-state index is 10.2. The van der Waals surface area contributed by atoms with Gasteiger partial charge in [0.15, 0.2) is 0 Å². The molecule has 1 heterocycles. The molecule has 1 N–H and O–H groups in total. The van der Waals surface area contributed by atoms with Crippen LogP contribution in [0.2, 0.25) is 0 Å². The lowest BCUT2D eigenvalue weighted by Gasteiger charge is -2.10. The Kier molecular flexibility index (Phi) is 3.89. The minimum absolute atomic E-state index is 0.437.